The molecule has 156 valence electrons. The second-order valence-electron chi connectivity index (χ2n) is 7.66. The molecule has 0 bridgehead atoms. The maximum Gasteiger partial charge on any atom is 0.229 e. The minimum Gasteiger partial charge on any atom is -0.338 e. The van der Waals surface area contributed by atoms with Crippen LogP contribution in [0.2, 0.25) is 0 Å². The third kappa shape index (κ3) is 4.52. The van der Waals surface area contributed by atoms with E-state index in [1.54, 1.807) is 4.68 Å². The predicted octanol–water partition coefficient (Wildman–Crippen LogP) is 4.35. The van der Waals surface area contributed by atoms with Gasteiger partial charge in [-0.1, -0.05) is 30.4 Å². The molecule has 1 aromatic carbocycles. The highest BCUT2D eigenvalue weighted by molar-refractivity contribution is 5.90. The molecule has 0 aliphatic carbocycles. The van der Waals surface area contributed by atoms with Crippen LogP contribution in [0, 0.1) is 13.8 Å². The number of rotatable bonds is 4. The van der Waals surface area contributed by atoms with Gasteiger partial charge in [-0.25, -0.2) is 9.67 Å². The molecule has 0 radical (unpaired) electrons. The van der Waals surface area contributed by atoms with Gasteiger partial charge in [-0.2, -0.15) is 10.1 Å². The van der Waals surface area contributed by atoms with E-state index in [2.05, 4.69) is 76.3 Å². The van der Waals surface area contributed by atoms with Crippen molar-refractivity contribution in [1.82, 2.24) is 25.1 Å². The van der Waals surface area contributed by atoms with Crippen molar-refractivity contribution in [1.29, 1.82) is 0 Å². The summed E-state index contributed by atoms with van der Waals surface area (Å²) in [5, 5.41) is 15.8. The van der Waals surface area contributed by atoms with Crippen molar-refractivity contribution >= 4 is 28.5 Å². The molecule has 0 saturated heterocycles. The number of hydrogen-bond acceptors (Lipinski definition) is 6. The van der Waals surface area contributed by atoms with E-state index in [0.29, 0.717) is 5.95 Å². The largest absolute Gasteiger partial charge is 0.338 e. The molecule has 3 N–H and O–H groups in total. The zero-order valence-corrected chi connectivity index (χ0v) is 17.9. The lowest BCUT2D eigenvalue weighted by Crippen LogP contribution is -2.16. The zero-order chi connectivity index (χ0) is 20.9. The highest BCUT2D eigenvalue weighted by Gasteiger charge is 2.14. The number of anilines is 3. The number of nitrogens with one attached hydrogen (secondary N) is 3. The molecule has 4 rings (SSSR count). The van der Waals surface area contributed by atoms with Crippen LogP contribution in [0.1, 0.15) is 30.4 Å². The van der Waals surface area contributed by atoms with Crippen LogP contribution in [-0.2, 0) is 7.05 Å². The number of aromatic nitrogens is 4. The summed E-state index contributed by atoms with van der Waals surface area (Å²) in [7, 11) is 1.91. The Labute approximate surface area is 177 Å². The SMILES string of the molecule is Cc1cccc(C)c1Nc1nn(C)c2nc(NC3=C/CCNCCC/C=C\3)ncc12. The second kappa shape index (κ2) is 9.09. The number of aryl methyl sites for hydroxylation is 3. The van der Waals surface area contributed by atoms with Gasteiger partial charge < -0.3 is 16.0 Å². The number of benzene rings is 1. The molecule has 0 spiro atoms. The first-order valence-electron chi connectivity index (χ1n) is 10.5. The van der Waals surface area contributed by atoms with Crippen molar-refractivity contribution in [3.05, 3.63) is 59.4 Å². The van der Waals surface area contributed by atoms with Crippen LogP contribution in [0.5, 0.6) is 0 Å². The van der Waals surface area contributed by atoms with Crippen LogP contribution in [0.3, 0.4) is 0 Å². The highest BCUT2D eigenvalue weighted by atomic mass is 15.3. The minimum atomic E-state index is 0.574. The van der Waals surface area contributed by atoms with E-state index in [-0.39, 0.29) is 0 Å². The molecule has 1 aliphatic rings. The van der Waals surface area contributed by atoms with Gasteiger partial charge in [-0.3, -0.25) is 0 Å². The average molecular weight is 404 g/mol. The van der Waals surface area contributed by atoms with Gasteiger partial charge in [0, 0.05) is 24.6 Å². The molecule has 30 heavy (non-hydrogen) atoms. The van der Waals surface area contributed by atoms with Crippen LogP contribution < -0.4 is 16.0 Å². The monoisotopic (exact) mass is 403 g/mol. The molecule has 2 aromatic heterocycles. The van der Waals surface area contributed by atoms with E-state index in [4.69, 9.17) is 4.98 Å². The smallest absolute Gasteiger partial charge is 0.229 e. The maximum absolute atomic E-state index is 4.72. The third-order valence-corrected chi connectivity index (χ3v) is 5.27. The molecule has 0 saturated carbocycles. The lowest BCUT2D eigenvalue weighted by molar-refractivity contribution is 0.656. The highest BCUT2D eigenvalue weighted by Crippen LogP contribution is 2.28. The number of allylic oxidation sites excluding steroid dienone is 2. The van der Waals surface area contributed by atoms with Gasteiger partial charge >= 0.3 is 0 Å². The van der Waals surface area contributed by atoms with Gasteiger partial charge in [0.1, 0.15) is 0 Å². The summed E-state index contributed by atoms with van der Waals surface area (Å²) in [5.41, 5.74) is 5.24. The molecule has 0 amide bonds. The van der Waals surface area contributed by atoms with Crippen LogP contribution in [0.4, 0.5) is 17.5 Å². The average Bonchev–Trinajstić information content (AvgIpc) is 3.05. The summed E-state index contributed by atoms with van der Waals surface area (Å²) in [6.07, 6.45) is 11.5. The number of para-hydroxylation sites is 1. The fraction of sp³-hybridized carbons (Fsp3) is 0.348. The van der Waals surface area contributed by atoms with Crippen molar-refractivity contribution < 1.29 is 0 Å². The van der Waals surface area contributed by atoms with Crippen LogP contribution in [0.25, 0.3) is 11.0 Å². The fourth-order valence-corrected chi connectivity index (χ4v) is 3.62. The van der Waals surface area contributed by atoms with Crippen LogP contribution in [-0.4, -0.2) is 32.8 Å². The Hall–Kier alpha value is -3.19. The fourth-order valence-electron chi connectivity index (χ4n) is 3.62. The second-order valence-corrected chi connectivity index (χ2v) is 7.66. The van der Waals surface area contributed by atoms with Crippen LogP contribution >= 0.6 is 0 Å². The molecular formula is C23H29N7. The van der Waals surface area contributed by atoms with Crippen molar-refractivity contribution in [2.24, 2.45) is 7.05 Å². The number of nitrogens with zero attached hydrogens (tertiary/aromatic N) is 4. The summed E-state index contributed by atoms with van der Waals surface area (Å²) < 4.78 is 1.79. The molecular weight excluding hydrogens is 374 g/mol. The molecule has 7 heteroatoms. The van der Waals surface area contributed by atoms with Crippen LogP contribution in [0.15, 0.2) is 48.3 Å². The van der Waals surface area contributed by atoms with E-state index in [9.17, 15) is 0 Å². The Morgan fingerprint density at radius 2 is 1.90 bits per heavy atom. The van der Waals surface area contributed by atoms with E-state index in [1.807, 2.05) is 13.2 Å². The predicted molar refractivity (Wildman–Crippen MR) is 123 cm³/mol. The number of fused-ring (bicyclic) bond motifs is 1. The van der Waals surface area contributed by atoms with Crippen molar-refractivity contribution in [3.8, 4) is 0 Å². The van der Waals surface area contributed by atoms with Crippen molar-refractivity contribution in [3.63, 3.8) is 0 Å². The molecule has 0 fully saturated rings. The summed E-state index contributed by atoms with van der Waals surface area (Å²) in [6, 6.07) is 6.25. The molecule has 0 unspecified atom stereocenters. The van der Waals surface area contributed by atoms with Gasteiger partial charge in [0.25, 0.3) is 0 Å². The first kappa shape index (κ1) is 20.1. The van der Waals surface area contributed by atoms with E-state index >= 15 is 0 Å². The lowest BCUT2D eigenvalue weighted by Gasteiger charge is -2.11. The first-order valence-corrected chi connectivity index (χ1v) is 10.5. The van der Waals surface area contributed by atoms with Gasteiger partial charge in [0.05, 0.1) is 5.39 Å². The summed E-state index contributed by atoms with van der Waals surface area (Å²) in [5.74, 6) is 1.34. The Kier molecular flexibility index (Phi) is 6.09. The molecule has 3 aromatic rings. The third-order valence-electron chi connectivity index (χ3n) is 5.27. The molecule has 7 nitrogen and oxygen atoms in total. The topological polar surface area (TPSA) is 79.7 Å². The van der Waals surface area contributed by atoms with Gasteiger partial charge in [0.15, 0.2) is 11.5 Å². The zero-order valence-electron chi connectivity index (χ0n) is 17.9. The quantitative estimate of drug-likeness (QED) is 0.601. The normalized spacial score (nSPS) is 17.9. The standard InChI is InChI=1S/C23H29N7/c1-16-9-7-10-17(2)20(16)27-21-19-15-25-23(28-22(19)30(3)29-21)26-18-11-5-4-6-13-24-14-8-12-18/h5,7,9-12,15,24H,4,6,8,13-14H2,1-3H3,(H,27,29)(H,25,26,28)/b11-5-,18-12+. The lowest BCUT2D eigenvalue weighted by atomic mass is 10.1. The van der Waals surface area contributed by atoms with Gasteiger partial charge in [-0.15, -0.1) is 0 Å². The Bertz CT molecular complexity index is 1070. The maximum atomic E-state index is 4.72. The summed E-state index contributed by atoms with van der Waals surface area (Å²) in [4.78, 5) is 9.27. The Morgan fingerprint density at radius 3 is 2.73 bits per heavy atom. The van der Waals surface area contributed by atoms with E-state index in [0.717, 1.165) is 60.6 Å². The summed E-state index contributed by atoms with van der Waals surface area (Å²) in [6.45, 7) is 6.23. The van der Waals surface area contributed by atoms with Gasteiger partial charge in [-0.05, 0) is 63.4 Å². The van der Waals surface area contributed by atoms with Crippen molar-refractivity contribution in [2.45, 2.75) is 33.1 Å². The Balaban J connectivity index is 1.60. The minimum absolute atomic E-state index is 0.574. The van der Waals surface area contributed by atoms with E-state index in [1.165, 1.54) is 11.1 Å². The first-order chi connectivity index (χ1) is 14.6. The van der Waals surface area contributed by atoms with E-state index < -0.39 is 0 Å². The summed E-state index contributed by atoms with van der Waals surface area (Å²) >= 11 is 0. The van der Waals surface area contributed by atoms with Crippen molar-refractivity contribution in [2.75, 3.05) is 23.7 Å². The molecule has 1 aliphatic heterocycles. The number of hydrogen-bond donors (Lipinski definition) is 3. The van der Waals surface area contributed by atoms with Gasteiger partial charge in [0.2, 0.25) is 5.95 Å². The Morgan fingerprint density at radius 1 is 1.07 bits per heavy atom. The molecule has 0 atom stereocenters. The molecule has 3 heterocycles.